The van der Waals surface area contributed by atoms with E-state index in [9.17, 15) is 9.90 Å². The zero-order valence-corrected chi connectivity index (χ0v) is 17.3. The van der Waals surface area contributed by atoms with Gasteiger partial charge >= 0.3 is 0 Å². The number of aliphatic hydroxyl groups is 1. The molecule has 3 aromatic rings. The second-order valence-corrected chi connectivity index (χ2v) is 7.70. The summed E-state index contributed by atoms with van der Waals surface area (Å²) < 4.78 is 1.13. The number of aromatic nitrogens is 2. The lowest BCUT2D eigenvalue weighted by molar-refractivity contribution is 0.0515. The van der Waals surface area contributed by atoms with Gasteiger partial charge in [0, 0.05) is 6.54 Å². The zero-order valence-electron chi connectivity index (χ0n) is 15.0. The maximum absolute atomic E-state index is 12.2. The van der Waals surface area contributed by atoms with Gasteiger partial charge in [-0.25, -0.2) is 0 Å². The molecule has 0 fully saturated rings. The van der Waals surface area contributed by atoms with Gasteiger partial charge in [-0.2, -0.15) is 9.78 Å². The van der Waals surface area contributed by atoms with Crippen molar-refractivity contribution < 1.29 is 5.11 Å². The maximum atomic E-state index is 12.2. The Morgan fingerprint density at radius 3 is 2.50 bits per heavy atom. The molecule has 1 heterocycles. The van der Waals surface area contributed by atoms with E-state index in [1.54, 1.807) is 25.1 Å². The Balaban J connectivity index is 1.72. The third kappa shape index (κ3) is 4.50. The summed E-state index contributed by atoms with van der Waals surface area (Å²) in [5.41, 5.74) is 0.517. The Labute approximate surface area is 177 Å². The van der Waals surface area contributed by atoms with Crippen LogP contribution in [0, 0.1) is 0 Å². The molecule has 0 radical (unpaired) electrons. The number of nitrogens with zero attached hydrogens (tertiary/aromatic N) is 2. The van der Waals surface area contributed by atoms with Gasteiger partial charge < -0.3 is 10.4 Å². The SMILES string of the molecule is CC(O)(CCNc1ccc(-n2ncc(Cl)c(Cl)c2=O)cc1Cl)c1ccccc1. The van der Waals surface area contributed by atoms with Gasteiger partial charge in [0.15, 0.2) is 0 Å². The van der Waals surface area contributed by atoms with Crippen LogP contribution in [0.15, 0.2) is 59.5 Å². The smallest absolute Gasteiger partial charge is 0.291 e. The molecular weight excluding hydrogens is 421 g/mol. The van der Waals surface area contributed by atoms with Crippen molar-refractivity contribution in [3.63, 3.8) is 0 Å². The molecule has 0 aliphatic rings. The van der Waals surface area contributed by atoms with E-state index in [4.69, 9.17) is 34.8 Å². The van der Waals surface area contributed by atoms with Crippen LogP contribution < -0.4 is 10.9 Å². The summed E-state index contributed by atoms with van der Waals surface area (Å²) in [6.45, 7) is 2.28. The van der Waals surface area contributed by atoms with Gasteiger partial charge in [-0.1, -0.05) is 65.1 Å². The first-order valence-corrected chi connectivity index (χ1v) is 9.68. The minimum absolute atomic E-state index is 0.0952. The van der Waals surface area contributed by atoms with Gasteiger partial charge in [0.05, 0.1) is 33.2 Å². The van der Waals surface area contributed by atoms with Crippen LogP contribution in [0.25, 0.3) is 5.69 Å². The first-order valence-electron chi connectivity index (χ1n) is 8.54. The van der Waals surface area contributed by atoms with E-state index in [0.717, 1.165) is 10.2 Å². The molecule has 1 aromatic heterocycles. The molecule has 8 heteroatoms. The van der Waals surface area contributed by atoms with Gasteiger partial charge in [-0.05, 0) is 37.1 Å². The Hall–Kier alpha value is -2.05. The lowest BCUT2D eigenvalue weighted by Crippen LogP contribution is -2.24. The van der Waals surface area contributed by atoms with Gasteiger partial charge in [0.25, 0.3) is 5.56 Å². The van der Waals surface area contributed by atoms with Crippen LogP contribution in [-0.2, 0) is 5.60 Å². The third-order valence-electron chi connectivity index (χ3n) is 4.40. The second kappa shape index (κ2) is 8.53. The number of rotatable bonds is 6. The summed E-state index contributed by atoms with van der Waals surface area (Å²) >= 11 is 18.0. The molecule has 2 aromatic carbocycles. The molecule has 1 unspecified atom stereocenters. The van der Waals surface area contributed by atoms with Crippen LogP contribution in [0.1, 0.15) is 18.9 Å². The number of hydrogen-bond acceptors (Lipinski definition) is 4. The highest BCUT2D eigenvalue weighted by molar-refractivity contribution is 6.41. The van der Waals surface area contributed by atoms with E-state index in [1.807, 2.05) is 30.3 Å². The molecule has 28 heavy (non-hydrogen) atoms. The predicted octanol–water partition coefficient (Wildman–Crippen LogP) is 4.90. The van der Waals surface area contributed by atoms with Crippen molar-refractivity contribution in [2.45, 2.75) is 18.9 Å². The van der Waals surface area contributed by atoms with Crippen molar-refractivity contribution >= 4 is 40.5 Å². The average molecular weight is 439 g/mol. The molecule has 0 aliphatic heterocycles. The molecule has 146 valence electrons. The highest BCUT2D eigenvalue weighted by atomic mass is 35.5. The summed E-state index contributed by atoms with van der Waals surface area (Å²) in [4.78, 5) is 12.2. The molecule has 0 bridgehead atoms. The number of benzene rings is 2. The molecule has 0 aliphatic carbocycles. The van der Waals surface area contributed by atoms with Crippen molar-refractivity contribution in [2.75, 3.05) is 11.9 Å². The number of nitrogens with one attached hydrogen (secondary N) is 1. The number of hydrogen-bond donors (Lipinski definition) is 2. The lowest BCUT2D eigenvalue weighted by Gasteiger charge is -2.24. The fraction of sp³-hybridized carbons (Fsp3) is 0.200. The minimum atomic E-state index is -0.960. The number of anilines is 1. The van der Waals surface area contributed by atoms with Crippen molar-refractivity contribution in [1.29, 1.82) is 0 Å². The van der Waals surface area contributed by atoms with Gasteiger partial charge in [0.2, 0.25) is 0 Å². The maximum Gasteiger partial charge on any atom is 0.291 e. The minimum Gasteiger partial charge on any atom is -0.385 e. The van der Waals surface area contributed by atoms with E-state index in [-0.39, 0.29) is 10.0 Å². The number of halogens is 3. The quantitative estimate of drug-likeness (QED) is 0.574. The van der Waals surface area contributed by atoms with Crippen LogP contribution in [0.2, 0.25) is 15.1 Å². The molecule has 2 N–H and O–H groups in total. The second-order valence-electron chi connectivity index (χ2n) is 6.50. The predicted molar refractivity (Wildman–Crippen MR) is 114 cm³/mol. The van der Waals surface area contributed by atoms with Crippen molar-refractivity contribution in [1.82, 2.24) is 9.78 Å². The summed E-state index contributed by atoms with van der Waals surface area (Å²) in [7, 11) is 0. The van der Waals surface area contributed by atoms with E-state index >= 15 is 0 Å². The van der Waals surface area contributed by atoms with Gasteiger partial charge in [0.1, 0.15) is 5.02 Å². The van der Waals surface area contributed by atoms with Crippen LogP contribution in [-0.4, -0.2) is 21.4 Å². The Morgan fingerprint density at radius 1 is 1.11 bits per heavy atom. The Bertz CT molecular complexity index is 1040. The van der Waals surface area contributed by atoms with Crippen LogP contribution in [0.4, 0.5) is 5.69 Å². The Kier molecular flexibility index (Phi) is 6.30. The standard InChI is InChI=1S/C20H18Cl3N3O2/c1-20(28,13-5-3-2-4-6-13)9-10-24-17-8-7-14(11-15(17)21)26-19(27)18(23)16(22)12-25-26/h2-8,11-12,24,28H,9-10H2,1H3. The third-order valence-corrected chi connectivity index (χ3v) is 5.46. The molecular formula is C20H18Cl3N3O2. The summed E-state index contributed by atoms with van der Waals surface area (Å²) in [5, 5.41) is 18.3. The topological polar surface area (TPSA) is 67.2 Å². The van der Waals surface area contributed by atoms with Crippen LogP contribution >= 0.6 is 34.8 Å². The monoisotopic (exact) mass is 437 g/mol. The molecule has 1 atom stereocenters. The van der Waals surface area contributed by atoms with Crippen molar-refractivity contribution in [2.24, 2.45) is 0 Å². The molecule has 0 saturated heterocycles. The first kappa shape index (κ1) is 20.7. The highest BCUT2D eigenvalue weighted by Gasteiger charge is 2.22. The first-order chi connectivity index (χ1) is 13.3. The normalized spacial score (nSPS) is 13.2. The average Bonchev–Trinajstić information content (AvgIpc) is 2.68. The lowest BCUT2D eigenvalue weighted by atomic mass is 9.92. The van der Waals surface area contributed by atoms with Crippen molar-refractivity contribution in [3.8, 4) is 5.69 Å². The summed E-state index contributed by atoms with van der Waals surface area (Å²) in [6.07, 6.45) is 1.79. The van der Waals surface area contributed by atoms with Crippen LogP contribution in [0.3, 0.4) is 0 Å². The molecule has 0 saturated carbocycles. The Morgan fingerprint density at radius 2 is 1.82 bits per heavy atom. The van der Waals surface area contributed by atoms with E-state index in [0.29, 0.717) is 29.4 Å². The van der Waals surface area contributed by atoms with E-state index in [1.165, 1.54) is 6.20 Å². The van der Waals surface area contributed by atoms with Crippen LogP contribution in [0.5, 0.6) is 0 Å². The molecule has 3 rings (SSSR count). The van der Waals surface area contributed by atoms with E-state index < -0.39 is 11.2 Å². The van der Waals surface area contributed by atoms with Gasteiger partial charge in [-0.15, -0.1) is 0 Å². The fourth-order valence-electron chi connectivity index (χ4n) is 2.76. The highest BCUT2D eigenvalue weighted by Crippen LogP contribution is 2.27. The van der Waals surface area contributed by atoms with Gasteiger partial charge in [-0.3, -0.25) is 4.79 Å². The molecule has 5 nitrogen and oxygen atoms in total. The molecule has 0 amide bonds. The zero-order chi connectivity index (χ0) is 20.3. The van der Waals surface area contributed by atoms with E-state index in [2.05, 4.69) is 10.4 Å². The largest absolute Gasteiger partial charge is 0.385 e. The fourth-order valence-corrected chi connectivity index (χ4v) is 3.25. The molecule has 0 spiro atoms. The summed E-state index contributed by atoms with van der Waals surface area (Å²) in [5.74, 6) is 0. The summed E-state index contributed by atoms with van der Waals surface area (Å²) in [6, 6.07) is 14.5. The van der Waals surface area contributed by atoms with Crippen molar-refractivity contribution in [3.05, 3.63) is 85.7 Å².